The minimum atomic E-state index is -0.415. The number of rotatable bonds is 5. The van der Waals surface area contributed by atoms with Crippen molar-refractivity contribution in [2.75, 3.05) is 20.3 Å². The highest BCUT2D eigenvalue weighted by Crippen LogP contribution is 2.21. The van der Waals surface area contributed by atoms with Gasteiger partial charge in [-0.25, -0.2) is 4.79 Å². The van der Waals surface area contributed by atoms with Crippen molar-refractivity contribution in [2.24, 2.45) is 5.92 Å². The minimum absolute atomic E-state index is 0.215. The summed E-state index contributed by atoms with van der Waals surface area (Å²) in [6, 6.07) is 9.46. The molecule has 1 aromatic rings. The van der Waals surface area contributed by atoms with Gasteiger partial charge in [0.2, 0.25) is 0 Å². The van der Waals surface area contributed by atoms with Crippen molar-refractivity contribution in [3.05, 3.63) is 35.9 Å². The van der Waals surface area contributed by atoms with Crippen molar-refractivity contribution < 1.29 is 14.3 Å². The summed E-state index contributed by atoms with van der Waals surface area (Å²) < 4.78 is 10.3. The van der Waals surface area contributed by atoms with E-state index in [1.165, 1.54) is 7.11 Å². The Morgan fingerprint density at radius 3 is 2.74 bits per heavy atom. The summed E-state index contributed by atoms with van der Waals surface area (Å²) in [5.41, 5.74) is 0.931. The van der Waals surface area contributed by atoms with Crippen molar-refractivity contribution in [3.8, 4) is 0 Å². The molecule has 1 aromatic carbocycles. The number of carbonyl (C=O) groups excluding carboxylic acids is 1. The van der Waals surface area contributed by atoms with Crippen LogP contribution in [0.2, 0.25) is 0 Å². The van der Waals surface area contributed by atoms with Gasteiger partial charge < -0.3 is 9.47 Å². The maximum absolute atomic E-state index is 11.9. The second-order valence-corrected chi connectivity index (χ2v) is 4.95. The van der Waals surface area contributed by atoms with Gasteiger partial charge in [0, 0.05) is 12.6 Å². The second-order valence-electron chi connectivity index (χ2n) is 4.95. The predicted octanol–water partition coefficient (Wildman–Crippen LogP) is 1.92. The molecule has 0 spiro atoms. The Hall–Kier alpha value is -1.39. The number of benzene rings is 1. The van der Waals surface area contributed by atoms with Crippen LogP contribution in [-0.2, 0) is 14.3 Å². The van der Waals surface area contributed by atoms with Gasteiger partial charge in [-0.05, 0) is 24.8 Å². The first-order valence-corrected chi connectivity index (χ1v) is 6.69. The predicted molar refractivity (Wildman–Crippen MR) is 72.7 cm³/mol. The summed E-state index contributed by atoms with van der Waals surface area (Å²) in [7, 11) is 1.42. The average Bonchev–Trinajstić information content (AvgIpc) is 2.99. The molecule has 1 fully saturated rings. The third kappa shape index (κ3) is 3.55. The standard InChI is InChI=1S/C15H21NO3/c1-11(13-8-9-19-10-13)16-14(15(17)18-2)12-6-4-3-5-7-12/h3-7,11,13-14,16H,8-10H2,1-2H3. The Morgan fingerprint density at radius 2 is 2.16 bits per heavy atom. The number of hydrogen-bond donors (Lipinski definition) is 1. The third-order valence-corrected chi connectivity index (χ3v) is 3.67. The van der Waals surface area contributed by atoms with Crippen LogP contribution in [0, 0.1) is 5.92 Å². The number of nitrogens with one attached hydrogen (secondary N) is 1. The smallest absolute Gasteiger partial charge is 0.327 e. The van der Waals surface area contributed by atoms with Crippen LogP contribution in [0.1, 0.15) is 24.9 Å². The van der Waals surface area contributed by atoms with Gasteiger partial charge >= 0.3 is 5.97 Å². The lowest BCUT2D eigenvalue weighted by molar-refractivity contribution is -0.143. The minimum Gasteiger partial charge on any atom is -0.468 e. The van der Waals surface area contributed by atoms with Crippen LogP contribution in [0.25, 0.3) is 0 Å². The third-order valence-electron chi connectivity index (χ3n) is 3.67. The lowest BCUT2D eigenvalue weighted by atomic mass is 9.98. The summed E-state index contributed by atoms with van der Waals surface area (Å²) in [5.74, 6) is 0.202. The summed E-state index contributed by atoms with van der Waals surface area (Å²) in [4.78, 5) is 11.9. The first-order chi connectivity index (χ1) is 9.22. The summed E-state index contributed by atoms with van der Waals surface area (Å²) in [6.45, 7) is 3.67. The molecule has 0 aromatic heterocycles. The van der Waals surface area contributed by atoms with Gasteiger partial charge in [-0.3, -0.25) is 5.32 Å². The maximum atomic E-state index is 11.9. The van der Waals surface area contributed by atoms with Crippen molar-refractivity contribution in [3.63, 3.8) is 0 Å². The fourth-order valence-corrected chi connectivity index (χ4v) is 2.41. The largest absolute Gasteiger partial charge is 0.468 e. The molecule has 0 bridgehead atoms. The molecule has 4 heteroatoms. The number of methoxy groups -OCH3 is 1. The second kappa shape index (κ2) is 6.68. The van der Waals surface area contributed by atoms with Gasteiger partial charge in [-0.15, -0.1) is 0 Å². The molecule has 4 nitrogen and oxygen atoms in total. The van der Waals surface area contributed by atoms with E-state index in [-0.39, 0.29) is 12.0 Å². The first kappa shape index (κ1) is 14.0. The molecule has 1 heterocycles. The van der Waals surface area contributed by atoms with E-state index in [1.807, 2.05) is 30.3 Å². The van der Waals surface area contributed by atoms with Crippen molar-refractivity contribution >= 4 is 5.97 Å². The molecule has 1 saturated heterocycles. The number of hydrogen-bond acceptors (Lipinski definition) is 4. The van der Waals surface area contributed by atoms with Gasteiger partial charge in [0.25, 0.3) is 0 Å². The van der Waals surface area contributed by atoms with Gasteiger partial charge in [0.1, 0.15) is 6.04 Å². The van der Waals surface area contributed by atoms with Gasteiger partial charge in [-0.2, -0.15) is 0 Å². The van der Waals surface area contributed by atoms with Crippen LogP contribution in [-0.4, -0.2) is 32.3 Å². The Bertz CT molecular complexity index is 401. The number of carbonyl (C=O) groups is 1. The normalized spacial score (nSPS) is 21.9. The Kier molecular flexibility index (Phi) is 4.93. The van der Waals surface area contributed by atoms with Crippen LogP contribution in [0.4, 0.5) is 0 Å². The molecule has 1 N–H and O–H groups in total. The van der Waals surface area contributed by atoms with E-state index >= 15 is 0 Å². The quantitative estimate of drug-likeness (QED) is 0.824. The molecule has 1 aliphatic heterocycles. The molecule has 104 valence electrons. The SMILES string of the molecule is COC(=O)C(NC(C)C1CCOC1)c1ccccc1. The van der Waals surface area contributed by atoms with Gasteiger partial charge in [0.05, 0.1) is 13.7 Å². The average molecular weight is 263 g/mol. The topological polar surface area (TPSA) is 47.6 Å². The van der Waals surface area contributed by atoms with Gasteiger partial charge in [0.15, 0.2) is 0 Å². The lowest BCUT2D eigenvalue weighted by Crippen LogP contribution is -2.40. The van der Waals surface area contributed by atoms with Crippen molar-refractivity contribution in [2.45, 2.75) is 25.4 Å². The fraction of sp³-hybridized carbons (Fsp3) is 0.533. The van der Waals surface area contributed by atoms with Crippen LogP contribution < -0.4 is 5.32 Å². The zero-order chi connectivity index (χ0) is 13.7. The van der Waals surface area contributed by atoms with E-state index in [2.05, 4.69) is 12.2 Å². The molecule has 0 saturated carbocycles. The molecule has 0 aliphatic carbocycles. The molecule has 2 rings (SSSR count). The Morgan fingerprint density at radius 1 is 1.42 bits per heavy atom. The number of esters is 1. The Labute approximate surface area is 114 Å². The maximum Gasteiger partial charge on any atom is 0.327 e. The van der Waals surface area contributed by atoms with E-state index in [0.717, 1.165) is 25.2 Å². The fourth-order valence-electron chi connectivity index (χ4n) is 2.41. The molecule has 0 radical (unpaired) electrons. The van der Waals surface area contributed by atoms with E-state index in [4.69, 9.17) is 9.47 Å². The van der Waals surface area contributed by atoms with Crippen molar-refractivity contribution in [1.82, 2.24) is 5.32 Å². The lowest BCUT2D eigenvalue weighted by Gasteiger charge is -2.25. The molecule has 0 amide bonds. The van der Waals surface area contributed by atoms with Gasteiger partial charge in [-0.1, -0.05) is 30.3 Å². The highest BCUT2D eigenvalue weighted by Gasteiger charge is 2.28. The highest BCUT2D eigenvalue weighted by molar-refractivity contribution is 5.77. The monoisotopic (exact) mass is 263 g/mol. The van der Waals surface area contributed by atoms with E-state index in [0.29, 0.717) is 5.92 Å². The summed E-state index contributed by atoms with van der Waals surface area (Å²) >= 11 is 0. The molecule has 3 unspecified atom stereocenters. The molecular formula is C15H21NO3. The first-order valence-electron chi connectivity index (χ1n) is 6.69. The zero-order valence-corrected chi connectivity index (χ0v) is 11.5. The molecule has 3 atom stereocenters. The van der Waals surface area contributed by atoms with Crippen LogP contribution >= 0.6 is 0 Å². The molecule has 1 aliphatic rings. The highest BCUT2D eigenvalue weighted by atomic mass is 16.5. The van der Waals surface area contributed by atoms with Crippen LogP contribution in [0.5, 0.6) is 0 Å². The molecular weight excluding hydrogens is 242 g/mol. The Balaban J connectivity index is 2.08. The van der Waals surface area contributed by atoms with E-state index in [9.17, 15) is 4.79 Å². The van der Waals surface area contributed by atoms with Crippen LogP contribution in [0.15, 0.2) is 30.3 Å². The van der Waals surface area contributed by atoms with E-state index < -0.39 is 6.04 Å². The van der Waals surface area contributed by atoms with E-state index in [1.54, 1.807) is 0 Å². The summed E-state index contributed by atoms with van der Waals surface area (Å²) in [6.07, 6.45) is 1.04. The van der Waals surface area contributed by atoms with Crippen LogP contribution in [0.3, 0.4) is 0 Å². The molecule has 19 heavy (non-hydrogen) atoms. The zero-order valence-electron chi connectivity index (χ0n) is 11.5. The summed E-state index contributed by atoms with van der Waals surface area (Å²) in [5, 5.41) is 3.37. The van der Waals surface area contributed by atoms with Crippen molar-refractivity contribution in [1.29, 1.82) is 0 Å². The number of ether oxygens (including phenoxy) is 2.